The van der Waals surface area contributed by atoms with Crippen LogP contribution in [-0.4, -0.2) is 55.4 Å². The van der Waals surface area contributed by atoms with Gasteiger partial charge in [0.25, 0.3) is 0 Å². The van der Waals surface area contributed by atoms with Gasteiger partial charge in [-0.1, -0.05) is 0 Å². The van der Waals surface area contributed by atoms with Gasteiger partial charge in [0.05, 0.1) is 18.8 Å². The summed E-state index contributed by atoms with van der Waals surface area (Å²) in [6.45, 7) is 5.30. The number of benzene rings is 1. The number of carboxylic acids is 1. The third-order valence-corrected chi connectivity index (χ3v) is 3.32. The van der Waals surface area contributed by atoms with Crippen LogP contribution in [0.25, 0.3) is 0 Å². The van der Waals surface area contributed by atoms with E-state index in [1.807, 2.05) is 0 Å². The highest BCUT2D eigenvalue weighted by Crippen LogP contribution is 2.10. The summed E-state index contributed by atoms with van der Waals surface area (Å²) in [6.07, 6.45) is 0. The normalized spacial score (nSPS) is 16.2. The number of carbonyl (C=O) groups is 1. The molecule has 110 valence electrons. The molecule has 20 heavy (non-hydrogen) atoms. The SMILES string of the molecule is O=C(O)c1ccc(F)c(CNCCN2CCOCC2)c1. The van der Waals surface area contributed by atoms with Gasteiger partial charge in [-0.15, -0.1) is 0 Å². The van der Waals surface area contributed by atoms with Gasteiger partial charge in [0.2, 0.25) is 0 Å². The zero-order valence-electron chi connectivity index (χ0n) is 11.3. The highest BCUT2D eigenvalue weighted by molar-refractivity contribution is 5.87. The summed E-state index contributed by atoms with van der Waals surface area (Å²) in [5.41, 5.74) is 0.489. The van der Waals surface area contributed by atoms with Crippen molar-refractivity contribution in [2.75, 3.05) is 39.4 Å². The molecular formula is C14H19FN2O3. The average Bonchev–Trinajstić information content (AvgIpc) is 2.46. The van der Waals surface area contributed by atoms with Crippen molar-refractivity contribution in [2.24, 2.45) is 0 Å². The van der Waals surface area contributed by atoms with Gasteiger partial charge < -0.3 is 15.2 Å². The van der Waals surface area contributed by atoms with E-state index >= 15 is 0 Å². The van der Waals surface area contributed by atoms with E-state index in [4.69, 9.17) is 9.84 Å². The van der Waals surface area contributed by atoms with Crippen molar-refractivity contribution in [3.8, 4) is 0 Å². The average molecular weight is 282 g/mol. The number of halogens is 1. The molecule has 6 heteroatoms. The Kier molecular flexibility index (Phi) is 5.46. The number of rotatable bonds is 6. The molecule has 0 spiro atoms. The quantitative estimate of drug-likeness (QED) is 0.761. The zero-order chi connectivity index (χ0) is 14.4. The second-order valence-corrected chi connectivity index (χ2v) is 4.74. The Morgan fingerprint density at radius 1 is 1.40 bits per heavy atom. The van der Waals surface area contributed by atoms with Crippen LogP contribution >= 0.6 is 0 Å². The van der Waals surface area contributed by atoms with Crippen LogP contribution in [-0.2, 0) is 11.3 Å². The number of carboxylic acid groups (broad SMARTS) is 1. The van der Waals surface area contributed by atoms with Crippen molar-refractivity contribution in [3.63, 3.8) is 0 Å². The van der Waals surface area contributed by atoms with Crippen molar-refractivity contribution in [3.05, 3.63) is 35.1 Å². The summed E-state index contributed by atoms with van der Waals surface area (Å²) in [7, 11) is 0. The predicted octanol–water partition coefficient (Wildman–Crippen LogP) is 0.946. The van der Waals surface area contributed by atoms with Crippen LogP contribution in [0.2, 0.25) is 0 Å². The molecule has 1 saturated heterocycles. The number of nitrogens with one attached hydrogen (secondary N) is 1. The fraction of sp³-hybridized carbons (Fsp3) is 0.500. The van der Waals surface area contributed by atoms with E-state index in [1.165, 1.54) is 18.2 Å². The molecule has 0 aromatic heterocycles. The molecular weight excluding hydrogens is 263 g/mol. The molecule has 1 fully saturated rings. The van der Waals surface area contributed by atoms with Crippen LogP contribution in [0, 0.1) is 5.82 Å². The maximum absolute atomic E-state index is 13.6. The smallest absolute Gasteiger partial charge is 0.335 e. The lowest BCUT2D eigenvalue weighted by Gasteiger charge is -2.26. The van der Waals surface area contributed by atoms with Crippen LogP contribution in [0.3, 0.4) is 0 Å². The Balaban J connectivity index is 1.78. The molecule has 1 aliphatic rings. The molecule has 1 heterocycles. The van der Waals surface area contributed by atoms with Crippen LogP contribution < -0.4 is 5.32 Å². The van der Waals surface area contributed by atoms with Gasteiger partial charge >= 0.3 is 5.97 Å². The molecule has 0 saturated carbocycles. The molecule has 5 nitrogen and oxygen atoms in total. The van der Waals surface area contributed by atoms with E-state index in [9.17, 15) is 9.18 Å². The summed E-state index contributed by atoms with van der Waals surface area (Å²) < 4.78 is 18.8. The molecule has 0 unspecified atom stereocenters. The Hall–Kier alpha value is -1.50. The van der Waals surface area contributed by atoms with Gasteiger partial charge in [0.15, 0.2) is 0 Å². The standard InChI is InChI=1S/C14H19FN2O3/c15-13-2-1-11(14(18)19)9-12(13)10-16-3-4-17-5-7-20-8-6-17/h1-2,9,16H,3-8,10H2,(H,18,19). The second kappa shape index (κ2) is 7.33. The number of hydrogen-bond acceptors (Lipinski definition) is 4. The molecule has 1 aliphatic heterocycles. The van der Waals surface area contributed by atoms with E-state index in [0.717, 1.165) is 39.4 Å². The van der Waals surface area contributed by atoms with Gasteiger partial charge in [0, 0.05) is 38.3 Å². The third kappa shape index (κ3) is 4.26. The number of aromatic carboxylic acids is 1. The summed E-state index contributed by atoms with van der Waals surface area (Å²) in [5.74, 6) is -1.42. The Morgan fingerprint density at radius 2 is 2.15 bits per heavy atom. The Bertz CT molecular complexity index is 462. The molecule has 0 radical (unpaired) electrons. The Labute approximate surface area is 117 Å². The molecule has 1 aromatic carbocycles. The van der Waals surface area contributed by atoms with Crippen LogP contribution in [0.1, 0.15) is 15.9 Å². The molecule has 0 atom stereocenters. The summed E-state index contributed by atoms with van der Waals surface area (Å²) >= 11 is 0. The summed E-state index contributed by atoms with van der Waals surface area (Å²) in [6, 6.07) is 3.84. The van der Waals surface area contributed by atoms with E-state index in [2.05, 4.69) is 10.2 Å². The summed E-state index contributed by atoms with van der Waals surface area (Å²) in [4.78, 5) is 13.1. The highest BCUT2D eigenvalue weighted by atomic mass is 19.1. The summed E-state index contributed by atoms with van der Waals surface area (Å²) in [5, 5.41) is 12.0. The number of morpholine rings is 1. The third-order valence-electron chi connectivity index (χ3n) is 3.32. The topological polar surface area (TPSA) is 61.8 Å². The lowest BCUT2D eigenvalue weighted by Crippen LogP contribution is -2.40. The molecule has 0 aliphatic carbocycles. The minimum atomic E-state index is -1.04. The maximum Gasteiger partial charge on any atom is 0.335 e. The van der Waals surface area contributed by atoms with Crippen LogP contribution in [0.15, 0.2) is 18.2 Å². The van der Waals surface area contributed by atoms with E-state index in [1.54, 1.807) is 0 Å². The maximum atomic E-state index is 13.6. The molecule has 0 amide bonds. The van der Waals surface area contributed by atoms with Crippen LogP contribution in [0.5, 0.6) is 0 Å². The largest absolute Gasteiger partial charge is 0.478 e. The van der Waals surface area contributed by atoms with E-state index in [0.29, 0.717) is 12.1 Å². The monoisotopic (exact) mass is 282 g/mol. The second-order valence-electron chi connectivity index (χ2n) is 4.74. The molecule has 0 bridgehead atoms. The zero-order valence-corrected chi connectivity index (χ0v) is 11.3. The van der Waals surface area contributed by atoms with Crippen molar-refractivity contribution in [1.82, 2.24) is 10.2 Å². The van der Waals surface area contributed by atoms with E-state index in [-0.39, 0.29) is 11.4 Å². The van der Waals surface area contributed by atoms with Crippen molar-refractivity contribution < 1.29 is 19.0 Å². The number of ether oxygens (including phenoxy) is 1. The van der Waals surface area contributed by atoms with Crippen LogP contribution in [0.4, 0.5) is 4.39 Å². The Morgan fingerprint density at radius 3 is 2.85 bits per heavy atom. The lowest BCUT2D eigenvalue weighted by molar-refractivity contribution is 0.0384. The van der Waals surface area contributed by atoms with Crippen molar-refractivity contribution >= 4 is 5.97 Å². The van der Waals surface area contributed by atoms with Gasteiger partial charge in [0.1, 0.15) is 5.82 Å². The predicted molar refractivity (Wildman–Crippen MR) is 72.3 cm³/mol. The molecule has 2 N–H and O–H groups in total. The van der Waals surface area contributed by atoms with E-state index < -0.39 is 5.97 Å². The fourth-order valence-electron chi connectivity index (χ4n) is 2.13. The first-order valence-electron chi connectivity index (χ1n) is 6.69. The fourth-order valence-corrected chi connectivity index (χ4v) is 2.13. The number of nitrogens with zero attached hydrogens (tertiary/aromatic N) is 1. The first kappa shape index (κ1) is 14.9. The first-order valence-corrected chi connectivity index (χ1v) is 6.69. The first-order chi connectivity index (χ1) is 9.66. The molecule has 1 aromatic rings. The van der Waals surface area contributed by atoms with Gasteiger partial charge in [-0.05, 0) is 18.2 Å². The molecule has 2 rings (SSSR count). The minimum absolute atomic E-state index is 0.108. The van der Waals surface area contributed by atoms with Crippen molar-refractivity contribution in [2.45, 2.75) is 6.54 Å². The van der Waals surface area contributed by atoms with Gasteiger partial charge in [-0.25, -0.2) is 9.18 Å². The minimum Gasteiger partial charge on any atom is -0.478 e. The highest BCUT2D eigenvalue weighted by Gasteiger charge is 2.10. The van der Waals surface area contributed by atoms with Gasteiger partial charge in [-0.2, -0.15) is 0 Å². The van der Waals surface area contributed by atoms with Gasteiger partial charge in [-0.3, -0.25) is 4.90 Å². The number of hydrogen-bond donors (Lipinski definition) is 2. The van der Waals surface area contributed by atoms with Crippen molar-refractivity contribution in [1.29, 1.82) is 0 Å². The lowest BCUT2D eigenvalue weighted by atomic mass is 10.1.